The zero-order valence-electron chi connectivity index (χ0n) is 11.5. The topological polar surface area (TPSA) is 43.4 Å². The summed E-state index contributed by atoms with van der Waals surface area (Å²) in [4.78, 5) is 22.3. The van der Waals surface area contributed by atoms with E-state index in [9.17, 15) is 14.0 Å². The molecule has 0 heterocycles. The van der Waals surface area contributed by atoms with Crippen LogP contribution in [0, 0.1) is 11.7 Å². The Balaban J connectivity index is 2.90. The van der Waals surface area contributed by atoms with Gasteiger partial charge in [-0.1, -0.05) is 32.0 Å². The second-order valence-electron chi connectivity index (χ2n) is 4.60. The minimum Gasteiger partial charge on any atom is -0.466 e. The Morgan fingerprint density at radius 1 is 1.42 bits per heavy atom. The van der Waals surface area contributed by atoms with Crippen LogP contribution in [0.1, 0.15) is 37.8 Å². The summed E-state index contributed by atoms with van der Waals surface area (Å²) in [6.45, 7) is 5.39. The highest BCUT2D eigenvalue weighted by Gasteiger charge is 2.19. The number of hydrogen-bond donors (Lipinski definition) is 0. The number of carbonyl (C=O) groups is 2. The number of carbonyl (C=O) groups excluding carboxylic acids is 2. The average Bonchev–Trinajstić information content (AvgIpc) is 2.40. The molecule has 1 aromatic rings. The number of aldehydes is 1. The predicted molar refractivity (Wildman–Crippen MR) is 70.4 cm³/mol. The fourth-order valence-corrected chi connectivity index (χ4v) is 1.88. The lowest BCUT2D eigenvalue weighted by Gasteiger charge is -2.13. The Bertz CT molecular complexity index is 457. The van der Waals surface area contributed by atoms with Crippen LogP contribution in [0.5, 0.6) is 0 Å². The van der Waals surface area contributed by atoms with Crippen LogP contribution >= 0.6 is 0 Å². The van der Waals surface area contributed by atoms with Crippen molar-refractivity contribution in [2.45, 2.75) is 33.1 Å². The third-order valence-corrected chi connectivity index (χ3v) is 3.02. The molecule has 2 atom stereocenters. The van der Waals surface area contributed by atoms with Gasteiger partial charge in [0.15, 0.2) is 0 Å². The van der Waals surface area contributed by atoms with Gasteiger partial charge in [0.2, 0.25) is 0 Å². The molecule has 0 aliphatic rings. The second kappa shape index (κ2) is 7.02. The van der Waals surface area contributed by atoms with Gasteiger partial charge in [-0.15, -0.1) is 0 Å². The van der Waals surface area contributed by atoms with E-state index in [1.54, 1.807) is 39.0 Å². The summed E-state index contributed by atoms with van der Waals surface area (Å²) in [5, 5.41) is 0. The molecule has 0 fully saturated rings. The lowest BCUT2D eigenvalue weighted by molar-refractivity contribution is -0.147. The Kier molecular flexibility index (Phi) is 5.67. The van der Waals surface area contributed by atoms with Gasteiger partial charge in [0.05, 0.1) is 12.5 Å². The molecule has 0 aromatic heterocycles. The molecule has 104 valence electrons. The van der Waals surface area contributed by atoms with Crippen LogP contribution in [0.4, 0.5) is 4.39 Å². The first-order valence-electron chi connectivity index (χ1n) is 6.40. The normalized spacial score (nSPS) is 13.7. The van der Waals surface area contributed by atoms with E-state index in [1.165, 1.54) is 0 Å². The summed E-state index contributed by atoms with van der Waals surface area (Å²) in [5.41, 5.74) is 0.801. The van der Waals surface area contributed by atoms with Crippen molar-refractivity contribution in [3.8, 4) is 0 Å². The second-order valence-corrected chi connectivity index (χ2v) is 4.60. The van der Waals surface area contributed by atoms with Crippen molar-refractivity contribution in [3.05, 3.63) is 35.1 Å². The first kappa shape index (κ1) is 15.3. The maximum atomic E-state index is 14.2. The highest BCUT2D eigenvalue weighted by molar-refractivity contribution is 5.72. The van der Waals surface area contributed by atoms with E-state index in [4.69, 9.17) is 4.74 Å². The van der Waals surface area contributed by atoms with Crippen LogP contribution in [-0.2, 0) is 20.7 Å². The van der Waals surface area contributed by atoms with Crippen molar-refractivity contribution in [2.75, 3.05) is 6.61 Å². The van der Waals surface area contributed by atoms with Crippen molar-refractivity contribution in [2.24, 2.45) is 5.92 Å². The van der Waals surface area contributed by atoms with Crippen LogP contribution in [-0.4, -0.2) is 18.9 Å². The predicted octanol–water partition coefficient (Wildman–Crippen LogP) is 2.87. The third kappa shape index (κ3) is 3.88. The molecule has 0 saturated carbocycles. The first-order chi connectivity index (χ1) is 9.01. The molecule has 0 amide bonds. The molecule has 1 rings (SSSR count). The summed E-state index contributed by atoms with van der Waals surface area (Å²) in [5.74, 6) is -1.64. The van der Waals surface area contributed by atoms with Crippen LogP contribution < -0.4 is 0 Å². The van der Waals surface area contributed by atoms with Crippen molar-refractivity contribution in [1.82, 2.24) is 0 Å². The molecule has 0 aliphatic carbocycles. The quantitative estimate of drug-likeness (QED) is 0.587. The minimum atomic E-state index is -0.488. The summed E-state index contributed by atoms with van der Waals surface area (Å²) in [6.07, 6.45) is 0.973. The van der Waals surface area contributed by atoms with Crippen LogP contribution in [0.3, 0.4) is 0 Å². The molecule has 3 nitrogen and oxygen atoms in total. The molecular weight excluding hydrogens is 247 g/mol. The summed E-state index contributed by atoms with van der Waals surface area (Å²) >= 11 is 0. The van der Waals surface area contributed by atoms with Gasteiger partial charge in [-0.25, -0.2) is 4.39 Å². The van der Waals surface area contributed by atoms with E-state index in [-0.39, 0.29) is 12.4 Å². The summed E-state index contributed by atoms with van der Waals surface area (Å²) in [6, 6.07) is 4.92. The molecule has 0 aliphatic heterocycles. The van der Waals surface area contributed by atoms with Crippen LogP contribution in [0.15, 0.2) is 18.2 Å². The zero-order valence-corrected chi connectivity index (χ0v) is 11.5. The Morgan fingerprint density at radius 3 is 2.68 bits per heavy atom. The van der Waals surface area contributed by atoms with E-state index >= 15 is 0 Å². The Labute approximate surface area is 112 Å². The maximum Gasteiger partial charge on any atom is 0.308 e. The smallest absolute Gasteiger partial charge is 0.308 e. The number of hydrogen-bond acceptors (Lipinski definition) is 3. The van der Waals surface area contributed by atoms with E-state index in [0.29, 0.717) is 24.0 Å². The van der Waals surface area contributed by atoms with Gasteiger partial charge in [0.25, 0.3) is 0 Å². The zero-order chi connectivity index (χ0) is 14.4. The lowest BCUT2D eigenvalue weighted by Crippen LogP contribution is -2.18. The van der Waals surface area contributed by atoms with Gasteiger partial charge >= 0.3 is 5.97 Å². The molecule has 1 aromatic carbocycles. The van der Waals surface area contributed by atoms with Crippen LogP contribution in [0.2, 0.25) is 0 Å². The SMILES string of the molecule is CCOC(=O)C(C)Cc1cccc(C(C)C=O)c1F. The maximum absolute atomic E-state index is 14.2. The molecule has 0 radical (unpaired) electrons. The number of halogens is 1. The Hall–Kier alpha value is -1.71. The number of benzene rings is 1. The minimum absolute atomic E-state index is 0.268. The standard InChI is InChI=1S/C15H19FO3/c1-4-19-15(18)10(2)8-12-6-5-7-13(14(12)16)11(3)9-17/h5-7,9-11H,4,8H2,1-3H3. The van der Waals surface area contributed by atoms with Crippen molar-refractivity contribution in [3.63, 3.8) is 0 Å². The van der Waals surface area contributed by atoms with Crippen molar-refractivity contribution < 1.29 is 18.7 Å². The highest BCUT2D eigenvalue weighted by atomic mass is 19.1. The summed E-state index contributed by atoms with van der Waals surface area (Å²) in [7, 11) is 0. The van der Waals surface area contributed by atoms with E-state index in [1.807, 2.05) is 0 Å². The van der Waals surface area contributed by atoms with Gasteiger partial charge in [0, 0.05) is 5.92 Å². The van der Waals surface area contributed by atoms with Gasteiger partial charge in [0.1, 0.15) is 12.1 Å². The molecule has 2 unspecified atom stereocenters. The molecule has 0 N–H and O–H groups in total. The molecule has 0 spiro atoms. The van der Waals surface area contributed by atoms with Gasteiger partial charge in [-0.05, 0) is 24.5 Å². The molecule has 0 saturated heterocycles. The van der Waals surface area contributed by atoms with Crippen molar-refractivity contribution in [1.29, 1.82) is 0 Å². The van der Waals surface area contributed by atoms with Gasteiger partial charge in [-0.3, -0.25) is 4.79 Å². The molecule has 19 heavy (non-hydrogen) atoms. The van der Waals surface area contributed by atoms with Gasteiger partial charge in [-0.2, -0.15) is 0 Å². The first-order valence-corrected chi connectivity index (χ1v) is 6.40. The van der Waals surface area contributed by atoms with E-state index < -0.39 is 17.7 Å². The van der Waals surface area contributed by atoms with Crippen LogP contribution in [0.25, 0.3) is 0 Å². The lowest BCUT2D eigenvalue weighted by atomic mass is 9.94. The fraction of sp³-hybridized carbons (Fsp3) is 0.467. The van der Waals surface area contributed by atoms with E-state index in [2.05, 4.69) is 0 Å². The molecular formula is C15H19FO3. The van der Waals surface area contributed by atoms with Gasteiger partial charge < -0.3 is 9.53 Å². The van der Waals surface area contributed by atoms with E-state index in [0.717, 1.165) is 0 Å². The molecule has 4 heteroatoms. The third-order valence-electron chi connectivity index (χ3n) is 3.02. The highest BCUT2D eigenvalue weighted by Crippen LogP contribution is 2.22. The number of rotatable bonds is 6. The molecule has 0 bridgehead atoms. The monoisotopic (exact) mass is 266 g/mol. The Morgan fingerprint density at radius 2 is 2.11 bits per heavy atom. The number of esters is 1. The largest absolute Gasteiger partial charge is 0.466 e. The van der Waals surface area contributed by atoms with Crippen molar-refractivity contribution >= 4 is 12.3 Å². The fourth-order valence-electron chi connectivity index (χ4n) is 1.88. The number of ether oxygens (including phenoxy) is 1. The average molecular weight is 266 g/mol. The summed E-state index contributed by atoms with van der Waals surface area (Å²) < 4.78 is 19.1.